The summed E-state index contributed by atoms with van der Waals surface area (Å²) in [5, 5.41) is 35.0. The van der Waals surface area contributed by atoms with Crippen LogP contribution in [0.2, 0.25) is 0 Å². The zero-order valence-electron chi connectivity index (χ0n) is 7.96. The fourth-order valence-corrected chi connectivity index (χ4v) is 0.149. The summed E-state index contributed by atoms with van der Waals surface area (Å²) in [4.78, 5) is 19.1. The van der Waals surface area contributed by atoms with E-state index in [1.54, 1.807) is 0 Å². The number of rotatable bonds is 4. The third kappa shape index (κ3) is 14.0. The van der Waals surface area contributed by atoms with Crippen molar-refractivity contribution in [1.29, 1.82) is 0 Å². The Morgan fingerprint density at radius 1 is 1.00 bits per heavy atom. The molecule has 0 amide bonds. The van der Waals surface area contributed by atoms with Gasteiger partial charge in [0.25, 0.3) is 0 Å². The molecule has 0 spiro atoms. The molecule has 0 radical (unpaired) electrons. The van der Waals surface area contributed by atoms with Gasteiger partial charge in [-0.3, -0.25) is 0 Å². The van der Waals surface area contributed by atoms with Gasteiger partial charge in [-0.25, -0.2) is 0 Å². The number of hydrogen-bond acceptors (Lipinski definition) is 8. The number of carboxylic acid groups (broad SMARTS) is 2. The van der Waals surface area contributed by atoms with Gasteiger partial charge >= 0.3 is 37.7 Å². The van der Waals surface area contributed by atoms with Gasteiger partial charge in [0.1, 0.15) is 0 Å². The first-order chi connectivity index (χ1) is 6.36. The predicted octanol–water partition coefficient (Wildman–Crippen LogP) is -6.27. The molecule has 15 heavy (non-hydrogen) atoms. The van der Waals surface area contributed by atoms with Gasteiger partial charge in [0.2, 0.25) is 0 Å². The van der Waals surface area contributed by atoms with Gasteiger partial charge in [-0.15, -0.1) is 0 Å². The molecular formula is C6H12CaN2O6. The van der Waals surface area contributed by atoms with Crippen LogP contribution in [-0.4, -0.2) is 85.2 Å². The molecule has 0 aliphatic carbocycles. The summed E-state index contributed by atoms with van der Waals surface area (Å²) < 4.78 is 0. The summed E-state index contributed by atoms with van der Waals surface area (Å²) in [7, 11) is 0. The van der Waals surface area contributed by atoms with Crippen LogP contribution in [0.1, 0.15) is 0 Å². The maximum absolute atomic E-state index is 9.53. The Morgan fingerprint density at radius 3 is 1.20 bits per heavy atom. The number of carboxylic acids is 2. The third-order valence-electron chi connectivity index (χ3n) is 0.999. The fraction of sp³-hybridized carbons (Fsp3) is 0.667. The third-order valence-corrected chi connectivity index (χ3v) is 0.999. The summed E-state index contributed by atoms with van der Waals surface area (Å²) in [6.45, 7) is -1.13. The van der Waals surface area contributed by atoms with Crippen molar-refractivity contribution in [2.24, 2.45) is 11.5 Å². The number of aliphatic carboxylic acids is 2. The van der Waals surface area contributed by atoms with Gasteiger partial charge in [0.15, 0.2) is 0 Å². The van der Waals surface area contributed by atoms with E-state index >= 15 is 0 Å². The van der Waals surface area contributed by atoms with Crippen molar-refractivity contribution in [2.45, 2.75) is 12.1 Å². The molecule has 0 aromatic carbocycles. The maximum atomic E-state index is 9.53. The fourth-order valence-electron chi connectivity index (χ4n) is 0.149. The molecule has 0 heterocycles. The van der Waals surface area contributed by atoms with E-state index in [2.05, 4.69) is 0 Å². The Morgan fingerprint density at radius 2 is 1.20 bits per heavy atom. The molecule has 0 aliphatic rings. The molecule has 2 atom stereocenters. The van der Waals surface area contributed by atoms with Crippen molar-refractivity contribution in [2.75, 3.05) is 13.2 Å². The minimum Gasteiger partial charge on any atom is -0.548 e. The molecule has 9 heteroatoms. The summed E-state index contributed by atoms with van der Waals surface area (Å²) >= 11 is 0. The van der Waals surface area contributed by atoms with Gasteiger partial charge < -0.3 is 41.5 Å². The van der Waals surface area contributed by atoms with Crippen LogP contribution in [0.15, 0.2) is 0 Å². The minimum atomic E-state index is -1.43. The van der Waals surface area contributed by atoms with Gasteiger partial charge in [0, 0.05) is 0 Å². The standard InChI is InChI=1S/2C3H7NO3.Ca/c2*4-2(1-5)3(6)7;/h2*2,5H,1,4H2,(H,6,7);/q;;+2/p-2/t2*2-;/m00./s1. The van der Waals surface area contributed by atoms with Crippen LogP contribution in [0.3, 0.4) is 0 Å². The quantitative estimate of drug-likeness (QED) is 0.355. The second-order valence-corrected chi connectivity index (χ2v) is 2.22. The average molecular weight is 248 g/mol. The normalized spacial score (nSPS) is 12.5. The first-order valence-electron chi connectivity index (χ1n) is 3.51. The Bertz CT molecular complexity index is 170. The second-order valence-electron chi connectivity index (χ2n) is 2.22. The van der Waals surface area contributed by atoms with Gasteiger partial charge in [-0.05, 0) is 0 Å². The Kier molecular flexibility index (Phi) is 16.5. The molecule has 0 unspecified atom stereocenters. The van der Waals surface area contributed by atoms with Crippen molar-refractivity contribution in [3.05, 3.63) is 0 Å². The summed E-state index contributed by atoms with van der Waals surface area (Å²) in [5.74, 6) is -2.86. The van der Waals surface area contributed by atoms with Crippen molar-refractivity contribution in [1.82, 2.24) is 0 Å². The zero-order valence-corrected chi connectivity index (χ0v) is 10.2. The van der Waals surface area contributed by atoms with E-state index in [9.17, 15) is 19.8 Å². The van der Waals surface area contributed by atoms with E-state index in [0.717, 1.165) is 0 Å². The van der Waals surface area contributed by atoms with Crippen molar-refractivity contribution in [3.63, 3.8) is 0 Å². The van der Waals surface area contributed by atoms with E-state index in [4.69, 9.17) is 21.7 Å². The van der Waals surface area contributed by atoms with Crippen LogP contribution in [0.5, 0.6) is 0 Å². The minimum absolute atomic E-state index is 0. The van der Waals surface area contributed by atoms with Crippen LogP contribution in [0.4, 0.5) is 0 Å². The zero-order chi connectivity index (χ0) is 11.7. The van der Waals surface area contributed by atoms with Crippen molar-refractivity contribution < 1.29 is 30.0 Å². The number of aliphatic hydroxyl groups is 2. The van der Waals surface area contributed by atoms with Crippen LogP contribution < -0.4 is 21.7 Å². The van der Waals surface area contributed by atoms with Gasteiger partial charge in [-0.2, -0.15) is 0 Å². The molecule has 0 aromatic heterocycles. The van der Waals surface area contributed by atoms with Crippen molar-refractivity contribution in [3.8, 4) is 0 Å². The average Bonchev–Trinajstić information content (AvgIpc) is 2.15. The predicted molar refractivity (Wildman–Crippen MR) is 45.9 cm³/mol. The van der Waals surface area contributed by atoms with E-state index < -0.39 is 37.2 Å². The van der Waals surface area contributed by atoms with Crippen LogP contribution >= 0.6 is 0 Å². The van der Waals surface area contributed by atoms with Gasteiger partial charge in [0.05, 0.1) is 37.2 Å². The van der Waals surface area contributed by atoms with Crippen molar-refractivity contribution >= 4 is 49.7 Å². The Balaban J connectivity index is -0.000000180. The Labute approximate surface area is 116 Å². The largest absolute Gasteiger partial charge is 2.00 e. The van der Waals surface area contributed by atoms with E-state index in [-0.39, 0.29) is 37.7 Å². The van der Waals surface area contributed by atoms with Crippen LogP contribution in [0.25, 0.3) is 0 Å². The van der Waals surface area contributed by atoms with Crippen LogP contribution in [0, 0.1) is 0 Å². The molecule has 0 bridgehead atoms. The molecular weight excluding hydrogens is 236 g/mol. The first-order valence-corrected chi connectivity index (χ1v) is 3.51. The second kappa shape index (κ2) is 12.1. The molecule has 84 valence electrons. The number of nitrogens with two attached hydrogens (primary N) is 2. The molecule has 0 saturated heterocycles. The number of carbonyl (C=O) groups excluding carboxylic acids is 2. The SMILES string of the molecule is N[C@@H](CO)C(=O)[O-].N[C@@H](CO)C(=O)[O-].[Ca+2]. The number of hydrogen-bond donors (Lipinski definition) is 4. The first kappa shape index (κ1) is 20.5. The Hall–Kier alpha value is 0.0397. The molecule has 8 nitrogen and oxygen atoms in total. The molecule has 0 aliphatic heterocycles. The summed E-state index contributed by atoms with van der Waals surface area (Å²) in [6.07, 6.45) is 0. The molecule has 0 saturated carbocycles. The number of aliphatic hydroxyl groups excluding tert-OH is 2. The van der Waals surface area contributed by atoms with Gasteiger partial charge in [-0.1, -0.05) is 0 Å². The van der Waals surface area contributed by atoms with E-state index in [1.807, 2.05) is 0 Å². The maximum Gasteiger partial charge on any atom is 2.00 e. The molecule has 0 fully saturated rings. The summed E-state index contributed by atoms with van der Waals surface area (Å²) in [6, 6.07) is -2.47. The molecule has 0 aromatic rings. The monoisotopic (exact) mass is 248 g/mol. The number of carbonyl (C=O) groups is 2. The smallest absolute Gasteiger partial charge is 0.548 e. The van der Waals surface area contributed by atoms with Crippen LogP contribution in [-0.2, 0) is 9.59 Å². The topological polar surface area (TPSA) is 173 Å². The molecule has 6 N–H and O–H groups in total. The van der Waals surface area contributed by atoms with E-state index in [0.29, 0.717) is 0 Å². The van der Waals surface area contributed by atoms with E-state index in [1.165, 1.54) is 0 Å². The molecule has 0 rings (SSSR count). The summed E-state index contributed by atoms with van der Waals surface area (Å²) in [5.41, 5.74) is 9.41.